The number of hydrogen-bond donors (Lipinski definition) is 0. The lowest BCUT2D eigenvalue weighted by Gasteiger charge is -2.31. The Bertz CT molecular complexity index is 200. The molecular weight excluding hydrogens is 228 g/mol. The van der Waals surface area contributed by atoms with Crippen LogP contribution in [-0.4, -0.2) is 22.8 Å². The first-order valence-electron chi connectivity index (χ1n) is 7.16. The van der Waals surface area contributed by atoms with E-state index >= 15 is 0 Å². The normalized spacial score (nSPS) is 18.4. The van der Waals surface area contributed by atoms with Crippen molar-refractivity contribution < 1.29 is 8.85 Å². The Kier molecular flexibility index (Phi) is 6.74. The molecule has 3 heteroatoms. The van der Waals surface area contributed by atoms with E-state index in [1.54, 1.807) is 0 Å². The Morgan fingerprint density at radius 3 is 2.29 bits per heavy atom. The van der Waals surface area contributed by atoms with Crippen molar-refractivity contribution in [2.45, 2.75) is 58.4 Å². The molecule has 0 spiro atoms. The van der Waals surface area contributed by atoms with Crippen molar-refractivity contribution in [1.29, 1.82) is 0 Å². The molecule has 1 aliphatic rings. The third kappa shape index (κ3) is 5.10. The van der Waals surface area contributed by atoms with Gasteiger partial charge in [0.15, 0.2) is 0 Å². The smallest absolute Gasteiger partial charge is 0.341 e. The molecule has 0 heterocycles. The minimum atomic E-state index is -2.00. The van der Waals surface area contributed by atoms with Crippen LogP contribution in [0.3, 0.4) is 0 Å². The Morgan fingerprint density at radius 2 is 1.88 bits per heavy atom. The second kappa shape index (κ2) is 7.55. The largest absolute Gasteiger partial charge is 0.397 e. The topological polar surface area (TPSA) is 18.5 Å². The summed E-state index contributed by atoms with van der Waals surface area (Å²) in [6, 6.07) is 3.58. The predicted molar refractivity (Wildman–Crippen MR) is 74.9 cm³/mol. The van der Waals surface area contributed by atoms with Gasteiger partial charge in [0.05, 0.1) is 0 Å². The molecule has 0 aromatic rings. The molecular formula is C14H29O2Si. The van der Waals surface area contributed by atoms with Crippen molar-refractivity contribution in [3.63, 3.8) is 0 Å². The monoisotopic (exact) mass is 257 g/mol. The van der Waals surface area contributed by atoms with Crippen LogP contribution in [0.5, 0.6) is 0 Å². The van der Waals surface area contributed by atoms with Gasteiger partial charge in [-0.25, -0.2) is 0 Å². The van der Waals surface area contributed by atoms with Gasteiger partial charge in [0.25, 0.3) is 0 Å². The first-order valence-corrected chi connectivity index (χ1v) is 9.26. The highest BCUT2D eigenvalue weighted by Crippen LogP contribution is 2.38. The molecule has 1 rings (SSSR count). The van der Waals surface area contributed by atoms with Gasteiger partial charge in [-0.15, -0.1) is 0 Å². The molecule has 1 unspecified atom stereocenters. The summed E-state index contributed by atoms with van der Waals surface area (Å²) in [6.07, 6.45) is 7.88. The van der Waals surface area contributed by atoms with Gasteiger partial charge in [-0.05, 0) is 17.9 Å². The standard InChI is InChI=1S/C14H29O2Si/c1-5-7-8-13(6-2)11-17(15-3,16-4)12-14-9-10-14/h12-14H,5-11H2,1-4H3. The first kappa shape index (κ1) is 15.2. The highest BCUT2D eigenvalue weighted by atomic mass is 28.4. The van der Waals surface area contributed by atoms with Gasteiger partial charge < -0.3 is 8.85 Å². The minimum absolute atomic E-state index is 0.775. The molecule has 0 aliphatic heterocycles. The van der Waals surface area contributed by atoms with E-state index in [0.29, 0.717) is 0 Å². The van der Waals surface area contributed by atoms with Crippen LogP contribution in [0.15, 0.2) is 0 Å². The van der Waals surface area contributed by atoms with Gasteiger partial charge in [-0.1, -0.05) is 52.4 Å². The van der Waals surface area contributed by atoms with Crippen LogP contribution >= 0.6 is 0 Å². The second-order valence-electron chi connectivity index (χ2n) is 5.34. The summed E-state index contributed by atoms with van der Waals surface area (Å²) in [4.78, 5) is 0. The van der Waals surface area contributed by atoms with E-state index in [4.69, 9.17) is 8.85 Å². The van der Waals surface area contributed by atoms with Crippen LogP contribution in [0, 0.1) is 17.9 Å². The average Bonchev–Trinajstić information content (AvgIpc) is 3.17. The molecule has 17 heavy (non-hydrogen) atoms. The Hall–Kier alpha value is 0.137. The lowest BCUT2D eigenvalue weighted by molar-refractivity contribution is 0.237. The third-order valence-electron chi connectivity index (χ3n) is 3.92. The van der Waals surface area contributed by atoms with Crippen molar-refractivity contribution >= 4 is 8.56 Å². The number of rotatable bonds is 10. The fourth-order valence-corrected chi connectivity index (χ4v) is 5.68. The summed E-state index contributed by atoms with van der Waals surface area (Å²) in [5.74, 6) is 1.56. The molecule has 1 radical (unpaired) electrons. The highest BCUT2D eigenvalue weighted by molar-refractivity contribution is 6.71. The second-order valence-corrected chi connectivity index (χ2v) is 8.53. The summed E-state index contributed by atoms with van der Waals surface area (Å²) in [7, 11) is 1.67. The lowest BCUT2D eigenvalue weighted by atomic mass is 10.0. The van der Waals surface area contributed by atoms with E-state index in [1.165, 1.54) is 38.5 Å². The summed E-state index contributed by atoms with van der Waals surface area (Å²) in [6.45, 7) is 4.56. The van der Waals surface area contributed by atoms with Crippen molar-refractivity contribution in [3.8, 4) is 0 Å². The average molecular weight is 257 g/mol. The molecule has 0 aromatic carbocycles. The maximum Gasteiger partial charge on any atom is 0.341 e. The van der Waals surface area contributed by atoms with Crippen LogP contribution < -0.4 is 0 Å². The number of hydrogen-bond acceptors (Lipinski definition) is 2. The quantitative estimate of drug-likeness (QED) is 0.549. The van der Waals surface area contributed by atoms with Crippen molar-refractivity contribution in [2.24, 2.45) is 11.8 Å². The van der Waals surface area contributed by atoms with Crippen LogP contribution in [0.2, 0.25) is 6.04 Å². The van der Waals surface area contributed by atoms with Crippen molar-refractivity contribution in [3.05, 3.63) is 6.04 Å². The zero-order chi connectivity index (χ0) is 12.7. The lowest BCUT2D eigenvalue weighted by Crippen LogP contribution is -2.43. The van der Waals surface area contributed by atoms with E-state index in [0.717, 1.165) is 17.9 Å². The van der Waals surface area contributed by atoms with Crippen LogP contribution in [0.1, 0.15) is 52.4 Å². The molecule has 0 bridgehead atoms. The van der Waals surface area contributed by atoms with Crippen LogP contribution in [-0.2, 0) is 8.85 Å². The fraction of sp³-hybridized carbons (Fsp3) is 0.929. The Morgan fingerprint density at radius 1 is 1.24 bits per heavy atom. The summed E-state index contributed by atoms with van der Waals surface area (Å²) in [5, 5.41) is 0. The van der Waals surface area contributed by atoms with E-state index in [9.17, 15) is 0 Å². The molecule has 1 fully saturated rings. The molecule has 1 atom stereocenters. The van der Waals surface area contributed by atoms with Crippen LogP contribution in [0.4, 0.5) is 0 Å². The van der Waals surface area contributed by atoms with Gasteiger partial charge in [0.1, 0.15) is 0 Å². The Balaban J connectivity index is 2.49. The zero-order valence-electron chi connectivity index (χ0n) is 12.0. The summed E-state index contributed by atoms with van der Waals surface area (Å²) < 4.78 is 11.6. The van der Waals surface area contributed by atoms with Crippen molar-refractivity contribution in [2.75, 3.05) is 14.2 Å². The molecule has 0 N–H and O–H groups in total. The van der Waals surface area contributed by atoms with Gasteiger partial charge in [0.2, 0.25) is 0 Å². The Labute approximate surface area is 108 Å². The van der Waals surface area contributed by atoms with E-state index < -0.39 is 8.56 Å². The molecule has 101 valence electrons. The third-order valence-corrected chi connectivity index (χ3v) is 7.43. The predicted octanol–water partition coefficient (Wildman–Crippen LogP) is 4.09. The molecule has 0 amide bonds. The van der Waals surface area contributed by atoms with Gasteiger partial charge in [-0.2, -0.15) is 0 Å². The van der Waals surface area contributed by atoms with E-state index in [2.05, 4.69) is 19.9 Å². The zero-order valence-corrected chi connectivity index (χ0v) is 13.0. The maximum absolute atomic E-state index is 5.81. The van der Waals surface area contributed by atoms with Crippen LogP contribution in [0.25, 0.3) is 0 Å². The molecule has 1 aliphatic carbocycles. The van der Waals surface area contributed by atoms with Gasteiger partial charge >= 0.3 is 8.56 Å². The van der Waals surface area contributed by atoms with Gasteiger partial charge in [0, 0.05) is 20.3 Å². The van der Waals surface area contributed by atoms with Gasteiger partial charge in [-0.3, -0.25) is 0 Å². The van der Waals surface area contributed by atoms with E-state index in [1.807, 2.05) is 14.2 Å². The SMILES string of the molecule is CCCCC(CC)C[Si]([CH]C1CC1)(OC)OC. The summed E-state index contributed by atoms with van der Waals surface area (Å²) in [5.41, 5.74) is 0. The van der Waals surface area contributed by atoms with E-state index in [-0.39, 0.29) is 0 Å². The fourth-order valence-electron chi connectivity index (χ4n) is 2.42. The molecule has 0 saturated heterocycles. The van der Waals surface area contributed by atoms with Crippen molar-refractivity contribution in [1.82, 2.24) is 0 Å². The number of unbranched alkanes of at least 4 members (excludes halogenated alkanes) is 1. The first-order chi connectivity index (χ1) is 8.19. The highest BCUT2D eigenvalue weighted by Gasteiger charge is 2.43. The molecule has 2 nitrogen and oxygen atoms in total. The minimum Gasteiger partial charge on any atom is -0.397 e. The molecule has 1 saturated carbocycles. The maximum atomic E-state index is 5.81. The summed E-state index contributed by atoms with van der Waals surface area (Å²) >= 11 is 0. The molecule has 0 aromatic heterocycles.